The largest absolute Gasteiger partial charge is 0.416 e. The number of fused-ring (bicyclic) bond motifs is 1. The van der Waals surface area contributed by atoms with Crippen LogP contribution in [0.4, 0.5) is 18.9 Å². The van der Waals surface area contributed by atoms with E-state index in [1.165, 1.54) is 13.0 Å². The lowest BCUT2D eigenvalue weighted by molar-refractivity contribution is -0.138. The number of hydrogen-bond acceptors (Lipinski definition) is 5. The van der Waals surface area contributed by atoms with Gasteiger partial charge in [-0.1, -0.05) is 0 Å². The standard InChI is InChI=1S/C27H29F3N4O3/c1-15(20-12-21-23(13-22(20)27(28,29)30)32-16(2)33-24(21)35)31-19-7-5-17(6-8-19)25(36)34-11-3-4-18(14-34)26(37)9-10-26/h5-8,12-13,15,18,31,37H,3-4,9-11,14H2,1-2H3,(H,32,33,35). The van der Waals surface area contributed by atoms with Crippen molar-refractivity contribution in [2.75, 3.05) is 18.4 Å². The summed E-state index contributed by atoms with van der Waals surface area (Å²) in [5.41, 5.74) is -1.05. The number of nitrogens with zero attached hydrogens (tertiary/aromatic N) is 2. The quantitative estimate of drug-likeness (QED) is 0.454. The number of carbonyl (C=O) groups excluding carboxylic acids is 1. The van der Waals surface area contributed by atoms with Crippen molar-refractivity contribution in [3.05, 3.63) is 69.3 Å². The summed E-state index contributed by atoms with van der Waals surface area (Å²) in [5, 5.41) is 13.6. The summed E-state index contributed by atoms with van der Waals surface area (Å²) in [6.07, 6.45) is -1.29. The van der Waals surface area contributed by atoms with Gasteiger partial charge in [0.2, 0.25) is 0 Å². The van der Waals surface area contributed by atoms with Gasteiger partial charge in [-0.15, -0.1) is 0 Å². The van der Waals surface area contributed by atoms with Crippen LogP contribution < -0.4 is 10.9 Å². The number of aliphatic hydroxyl groups is 1. The molecule has 2 unspecified atom stereocenters. The van der Waals surface area contributed by atoms with Crippen LogP contribution in [0.1, 0.15) is 66.0 Å². The van der Waals surface area contributed by atoms with Crippen LogP contribution in [0.25, 0.3) is 10.9 Å². The number of piperidine rings is 1. The molecule has 3 aromatic rings. The average molecular weight is 515 g/mol. The van der Waals surface area contributed by atoms with E-state index in [4.69, 9.17) is 0 Å². The number of benzene rings is 2. The maximum atomic E-state index is 13.9. The number of aromatic nitrogens is 2. The van der Waals surface area contributed by atoms with Crippen molar-refractivity contribution in [1.82, 2.24) is 14.9 Å². The molecule has 2 heterocycles. The summed E-state index contributed by atoms with van der Waals surface area (Å²) in [4.78, 5) is 33.8. The molecule has 1 aromatic heterocycles. The third-order valence-electron chi connectivity index (χ3n) is 7.51. The van der Waals surface area contributed by atoms with Crippen LogP contribution in [0.2, 0.25) is 0 Å². The molecule has 10 heteroatoms. The van der Waals surface area contributed by atoms with E-state index in [1.807, 2.05) is 0 Å². The van der Waals surface area contributed by atoms with E-state index in [2.05, 4.69) is 15.3 Å². The van der Waals surface area contributed by atoms with Crippen LogP contribution >= 0.6 is 0 Å². The number of alkyl halides is 3. The van der Waals surface area contributed by atoms with Crippen LogP contribution in [0.3, 0.4) is 0 Å². The Morgan fingerprint density at radius 3 is 2.59 bits per heavy atom. The molecule has 1 aliphatic heterocycles. The fourth-order valence-electron chi connectivity index (χ4n) is 5.28. The van der Waals surface area contributed by atoms with Crippen molar-refractivity contribution in [3.63, 3.8) is 0 Å². The minimum Gasteiger partial charge on any atom is -0.390 e. The molecular weight excluding hydrogens is 485 g/mol. The molecule has 0 bridgehead atoms. The predicted octanol–water partition coefficient (Wildman–Crippen LogP) is 4.80. The average Bonchev–Trinajstić information content (AvgIpc) is 3.61. The normalized spacial score (nSPS) is 20.1. The van der Waals surface area contributed by atoms with E-state index >= 15 is 0 Å². The molecule has 1 saturated heterocycles. The second-order valence-electron chi connectivity index (χ2n) is 10.2. The Kier molecular flexibility index (Phi) is 6.26. The van der Waals surface area contributed by atoms with E-state index in [9.17, 15) is 27.9 Å². The second kappa shape index (κ2) is 9.16. The van der Waals surface area contributed by atoms with Gasteiger partial charge in [-0.2, -0.15) is 13.2 Å². The number of H-pyrrole nitrogens is 1. The number of carbonyl (C=O) groups is 1. The summed E-state index contributed by atoms with van der Waals surface area (Å²) in [5.74, 6) is 0.218. The number of rotatable bonds is 5. The lowest BCUT2D eigenvalue weighted by Gasteiger charge is -2.35. The van der Waals surface area contributed by atoms with Crippen LogP contribution in [0, 0.1) is 12.8 Å². The highest BCUT2D eigenvalue weighted by atomic mass is 19.4. The predicted molar refractivity (Wildman–Crippen MR) is 133 cm³/mol. The van der Waals surface area contributed by atoms with E-state index in [0.717, 1.165) is 31.7 Å². The highest BCUT2D eigenvalue weighted by Gasteiger charge is 2.49. The van der Waals surface area contributed by atoms with Gasteiger partial charge in [0, 0.05) is 36.3 Å². The maximum absolute atomic E-state index is 13.9. The minimum atomic E-state index is -4.63. The molecule has 2 atom stereocenters. The Labute approximate surface area is 211 Å². The Balaban J connectivity index is 1.35. The molecule has 37 heavy (non-hydrogen) atoms. The Bertz CT molecular complexity index is 1400. The molecular formula is C27H29F3N4O3. The number of nitrogens with one attached hydrogen (secondary N) is 2. The fraction of sp³-hybridized carbons (Fsp3) is 0.444. The van der Waals surface area contributed by atoms with Gasteiger partial charge >= 0.3 is 6.18 Å². The second-order valence-corrected chi connectivity index (χ2v) is 10.2. The third-order valence-corrected chi connectivity index (χ3v) is 7.51. The van der Waals surface area contributed by atoms with Crippen LogP contribution in [-0.2, 0) is 6.18 Å². The topological polar surface area (TPSA) is 98.3 Å². The fourth-order valence-corrected chi connectivity index (χ4v) is 5.28. The van der Waals surface area contributed by atoms with Crippen molar-refractivity contribution < 1.29 is 23.1 Å². The van der Waals surface area contributed by atoms with Crippen molar-refractivity contribution >= 4 is 22.5 Å². The molecule has 5 rings (SSSR count). The van der Waals surface area contributed by atoms with Crippen molar-refractivity contribution in [2.24, 2.45) is 5.92 Å². The molecule has 2 aromatic carbocycles. The number of likely N-dealkylation sites (tertiary alicyclic amines) is 1. The molecule has 3 N–H and O–H groups in total. The number of anilines is 1. The van der Waals surface area contributed by atoms with Crippen LogP contribution in [0.5, 0.6) is 0 Å². The summed E-state index contributed by atoms with van der Waals surface area (Å²) >= 11 is 0. The SMILES string of the molecule is Cc1nc2cc(C(F)(F)F)c(C(C)Nc3ccc(C(=O)N4CCCC(C5(O)CC5)C4)cc3)cc2c(=O)[nH]1. The van der Waals surface area contributed by atoms with Crippen molar-refractivity contribution in [3.8, 4) is 0 Å². The van der Waals surface area contributed by atoms with Gasteiger partial charge in [-0.25, -0.2) is 4.98 Å². The molecule has 2 fully saturated rings. The van der Waals surface area contributed by atoms with Crippen LogP contribution in [0.15, 0.2) is 41.2 Å². The molecule has 0 spiro atoms. The van der Waals surface area contributed by atoms with Crippen LogP contribution in [-0.4, -0.2) is 44.6 Å². The smallest absolute Gasteiger partial charge is 0.390 e. The van der Waals surface area contributed by atoms with E-state index in [0.29, 0.717) is 24.3 Å². The van der Waals surface area contributed by atoms with Gasteiger partial charge in [0.15, 0.2) is 0 Å². The molecule has 2 aliphatic rings. The summed E-state index contributed by atoms with van der Waals surface area (Å²) in [6, 6.07) is 7.98. The first-order valence-corrected chi connectivity index (χ1v) is 12.4. The zero-order valence-corrected chi connectivity index (χ0v) is 20.7. The Morgan fingerprint density at radius 2 is 1.95 bits per heavy atom. The van der Waals surface area contributed by atoms with Crippen molar-refractivity contribution in [1.29, 1.82) is 0 Å². The number of halogens is 3. The highest BCUT2D eigenvalue weighted by molar-refractivity contribution is 5.94. The number of aromatic amines is 1. The summed E-state index contributed by atoms with van der Waals surface area (Å²) in [7, 11) is 0. The van der Waals surface area contributed by atoms with E-state index < -0.39 is 28.9 Å². The molecule has 1 aliphatic carbocycles. The molecule has 7 nitrogen and oxygen atoms in total. The van der Waals surface area contributed by atoms with E-state index in [1.54, 1.807) is 36.1 Å². The highest BCUT2D eigenvalue weighted by Crippen LogP contribution is 2.45. The maximum Gasteiger partial charge on any atom is 0.416 e. The van der Waals surface area contributed by atoms with Gasteiger partial charge < -0.3 is 20.3 Å². The third kappa shape index (κ3) is 5.07. The Hall–Kier alpha value is -3.40. The first kappa shape index (κ1) is 25.3. The minimum absolute atomic E-state index is 0.0128. The first-order chi connectivity index (χ1) is 17.4. The molecule has 1 saturated carbocycles. The van der Waals surface area contributed by atoms with Gasteiger partial charge in [0.1, 0.15) is 5.82 Å². The molecule has 1 amide bonds. The number of amides is 1. The number of hydrogen-bond donors (Lipinski definition) is 3. The summed E-state index contributed by atoms with van der Waals surface area (Å²) < 4.78 is 41.7. The summed E-state index contributed by atoms with van der Waals surface area (Å²) in [6.45, 7) is 4.27. The molecule has 196 valence electrons. The van der Waals surface area contributed by atoms with Gasteiger partial charge in [-0.05, 0) is 81.5 Å². The van der Waals surface area contributed by atoms with Gasteiger partial charge in [-0.3, -0.25) is 9.59 Å². The van der Waals surface area contributed by atoms with Crippen molar-refractivity contribution in [2.45, 2.75) is 57.3 Å². The zero-order chi connectivity index (χ0) is 26.5. The first-order valence-electron chi connectivity index (χ1n) is 12.4. The zero-order valence-electron chi connectivity index (χ0n) is 20.7. The molecule has 0 radical (unpaired) electrons. The Morgan fingerprint density at radius 1 is 1.24 bits per heavy atom. The van der Waals surface area contributed by atoms with Gasteiger partial charge in [0.25, 0.3) is 11.5 Å². The monoisotopic (exact) mass is 514 g/mol. The number of aryl methyl sites for hydroxylation is 1. The van der Waals surface area contributed by atoms with Gasteiger partial charge in [0.05, 0.1) is 22.1 Å². The van der Waals surface area contributed by atoms with E-state index in [-0.39, 0.29) is 34.1 Å². The lowest BCUT2D eigenvalue weighted by atomic mass is 9.90. The lowest BCUT2D eigenvalue weighted by Crippen LogP contribution is -2.44.